The van der Waals surface area contributed by atoms with Gasteiger partial charge in [0.25, 0.3) is 0 Å². The van der Waals surface area contributed by atoms with E-state index in [-0.39, 0.29) is 5.41 Å². The molecule has 2 aliphatic rings. The van der Waals surface area contributed by atoms with Crippen molar-refractivity contribution in [3.8, 4) is 0 Å². The van der Waals surface area contributed by atoms with Crippen LogP contribution in [0.1, 0.15) is 86.5 Å². The molecule has 128 valence electrons. The van der Waals surface area contributed by atoms with Crippen LogP contribution in [0.3, 0.4) is 0 Å². The van der Waals surface area contributed by atoms with Gasteiger partial charge in [0.05, 0.1) is 0 Å². The van der Waals surface area contributed by atoms with Gasteiger partial charge in [-0.05, 0) is 61.2 Å². The van der Waals surface area contributed by atoms with Crippen molar-refractivity contribution in [2.75, 3.05) is 6.54 Å². The van der Waals surface area contributed by atoms with E-state index in [0.29, 0.717) is 23.3 Å². The minimum Gasteiger partial charge on any atom is -0.339 e. The monoisotopic (exact) mass is 307 g/mol. The summed E-state index contributed by atoms with van der Waals surface area (Å²) in [7, 11) is 0. The van der Waals surface area contributed by atoms with Gasteiger partial charge in [-0.3, -0.25) is 4.79 Å². The van der Waals surface area contributed by atoms with Crippen LogP contribution in [0.4, 0.5) is 0 Å². The van der Waals surface area contributed by atoms with Crippen LogP contribution in [0.5, 0.6) is 0 Å². The molecule has 0 aromatic rings. The second kappa shape index (κ2) is 6.53. The summed E-state index contributed by atoms with van der Waals surface area (Å²) in [5.74, 6) is 1.90. The van der Waals surface area contributed by atoms with Crippen LogP contribution >= 0.6 is 0 Å². The minimum atomic E-state index is 0.218. The Morgan fingerprint density at radius 3 is 2.00 bits per heavy atom. The molecule has 2 nitrogen and oxygen atoms in total. The Balaban J connectivity index is 1.86. The fourth-order valence-electron chi connectivity index (χ4n) is 4.56. The molecule has 0 radical (unpaired) electrons. The third-order valence-electron chi connectivity index (χ3n) is 6.11. The highest BCUT2D eigenvalue weighted by Crippen LogP contribution is 2.41. The summed E-state index contributed by atoms with van der Waals surface area (Å²) < 4.78 is 0. The fraction of sp³-hybridized carbons (Fsp3) is 0.950. The molecule has 2 fully saturated rings. The molecule has 1 heterocycles. The largest absolute Gasteiger partial charge is 0.339 e. The molecule has 1 amide bonds. The Bertz CT molecular complexity index is 379. The van der Waals surface area contributed by atoms with Crippen molar-refractivity contribution in [3.05, 3.63) is 0 Å². The molecule has 1 saturated carbocycles. The lowest BCUT2D eigenvalue weighted by atomic mass is 9.69. The third kappa shape index (κ3) is 4.26. The van der Waals surface area contributed by atoms with Crippen LogP contribution < -0.4 is 0 Å². The molecule has 0 bridgehead atoms. The molecule has 1 aliphatic heterocycles. The molecular formula is C20H37NO. The van der Waals surface area contributed by atoms with Crippen LogP contribution in [0, 0.1) is 22.7 Å². The molecule has 1 aliphatic carbocycles. The maximum atomic E-state index is 12.8. The van der Waals surface area contributed by atoms with Crippen molar-refractivity contribution in [2.24, 2.45) is 22.7 Å². The van der Waals surface area contributed by atoms with Gasteiger partial charge in [0, 0.05) is 19.0 Å². The zero-order valence-electron chi connectivity index (χ0n) is 15.7. The molecule has 2 rings (SSSR count). The molecule has 2 heteroatoms. The normalized spacial score (nSPS) is 30.6. The first-order valence-electron chi connectivity index (χ1n) is 9.38. The van der Waals surface area contributed by atoms with Crippen LogP contribution in [-0.4, -0.2) is 23.4 Å². The maximum absolute atomic E-state index is 12.8. The lowest BCUT2D eigenvalue weighted by Crippen LogP contribution is -2.43. The van der Waals surface area contributed by atoms with E-state index in [1.165, 1.54) is 38.5 Å². The number of likely N-dealkylation sites (tertiary alicyclic amines) is 1. The van der Waals surface area contributed by atoms with E-state index >= 15 is 0 Å². The Kier molecular flexibility index (Phi) is 5.29. The highest BCUT2D eigenvalue weighted by molar-refractivity contribution is 5.77. The first kappa shape index (κ1) is 17.8. The predicted molar refractivity (Wildman–Crippen MR) is 93.7 cm³/mol. The molecule has 0 N–H and O–H groups in total. The predicted octanol–water partition coefficient (Wildman–Crippen LogP) is 5.27. The lowest BCUT2D eigenvalue weighted by Gasteiger charge is -2.38. The van der Waals surface area contributed by atoms with E-state index in [1.807, 2.05) is 0 Å². The van der Waals surface area contributed by atoms with Gasteiger partial charge in [-0.25, -0.2) is 0 Å². The quantitative estimate of drug-likeness (QED) is 0.681. The zero-order valence-corrected chi connectivity index (χ0v) is 15.7. The minimum absolute atomic E-state index is 0.218. The van der Waals surface area contributed by atoms with E-state index in [4.69, 9.17) is 0 Å². The summed E-state index contributed by atoms with van der Waals surface area (Å²) in [6.07, 6.45) is 8.29. The van der Waals surface area contributed by atoms with Crippen LogP contribution in [0.25, 0.3) is 0 Å². The van der Waals surface area contributed by atoms with Gasteiger partial charge < -0.3 is 4.90 Å². The van der Waals surface area contributed by atoms with Crippen molar-refractivity contribution in [1.29, 1.82) is 0 Å². The zero-order chi connectivity index (χ0) is 16.5. The molecular weight excluding hydrogens is 270 g/mol. The fourth-order valence-corrected chi connectivity index (χ4v) is 4.56. The van der Waals surface area contributed by atoms with E-state index < -0.39 is 0 Å². The number of hydrogen-bond acceptors (Lipinski definition) is 1. The third-order valence-corrected chi connectivity index (χ3v) is 6.11. The van der Waals surface area contributed by atoms with Crippen LogP contribution in [-0.2, 0) is 4.79 Å². The van der Waals surface area contributed by atoms with Gasteiger partial charge in [-0.1, -0.05) is 41.5 Å². The lowest BCUT2D eigenvalue weighted by molar-refractivity contribution is -0.135. The molecule has 0 spiro atoms. The van der Waals surface area contributed by atoms with E-state index in [1.54, 1.807) is 0 Å². The summed E-state index contributed by atoms with van der Waals surface area (Å²) in [5, 5.41) is 0. The summed E-state index contributed by atoms with van der Waals surface area (Å²) in [6.45, 7) is 14.9. The Morgan fingerprint density at radius 2 is 1.50 bits per heavy atom. The average molecular weight is 308 g/mol. The summed E-state index contributed by atoms with van der Waals surface area (Å²) >= 11 is 0. The molecule has 0 aromatic carbocycles. The molecule has 1 atom stereocenters. The van der Waals surface area contributed by atoms with E-state index in [9.17, 15) is 4.79 Å². The van der Waals surface area contributed by atoms with E-state index in [0.717, 1.165) is 18.9 Å². The Morgan fingerprint density at radius 1 is 0.909 bits per heavy atom. The average Bonchev–Trinajstić information content (AvgIpc) is 2.87. The highest BCUT2D eigenvalue weighted by Gasteiger charge is 2.38. The topological polar surface area (TPSA) is 20.3 Å². The molecule has 1 unspecified atom stereocenters. The van der Waals surface area contributed by atoms with Crippen LogP contribution in [0.15, 0.2) is 0 Å². The molecule has 22 heavy (non-hydrogen) atoms. The standard InChI is InChI=1S/C20H37NO/c1-19(2,3)16-11-9-15(10-12-16)14-18(22)21-13-7-8-17(21)20(4,5)6/h15-17H,7-14H2,1-6H3. The number of amides is 1. The van der Waals surface area contributed by atoms with Gasteiger partial charge in [-0.2, -0.15) is 0 Å². The second-order valence-corrected chi connectivity index (χ2v) is 9.90. The highest BCUT2D eigenvalue weighted by atomic mass is 16.2. The Labute approximate surface area is 138 Å². The number of hydrogen-bond donors (Lipinski definition) is 0. The van der Waals surface area contributed by atoms with Crippen molar-refractivity contribution < 1.29 is 4.79 Å². The van der Waals surface area contributed by atoms with Crippen molar-refractivity contribution in [1.82, 2.24) is 4.90 Å². The van der Waals surface area contributed by atoms with Gasteiger partial charge in [0.15, 0.2) is 0 Å². The van der Waals surface area contributed by atoms with Gasteiger partial charge in [0.2, 0.25) is 5.91 Å². The number of rotatable bonds is 2. The summed E-state index contributed by atoms with van der Waals surface area (Å²) in [6, 6.07) is 0.450. The maximum Gasteiger partial charge on any atom is 0.223 e. The summed E-state index contributed by atoms with van der Waals surface area (Å²) in [5.41, 5.74) is 0.650. The van der Waals surface area contributed by atoms with Crippen molar-refractivity contribution >= 4 is 5.91 Å². The van der Waals surface area contributed by atoms with Crippen molar-refractivity contribution in [3.63, 3.8) is 0 Å². The number of nitrogens with zero attached hydrogens (tertiary/aromatic N) is 1. The van der Waals surface area contributed by atoms with Gasteiger partial charge in [0.1, 0.15) is 0 Å². The smallest absolute Gasteiger partial charge is 0.223 e. The molecule has 0 aromatic heterocycles. The van der Waals surface area contributed by atoms with Crippen LogP contribution in [0.2, 0.25) is 0 Å². The first-order valence-corrected chi connectivity index (χ1v) is 9.38. The molecule has 1 saturated heterocycles. The number of carbonyl (C=O) groups is 1. The first-order chi connectivity index (χ1) is 10.1. The Hall–Kier alpha value is -0.530. The SMILES string of the molecule is CC(C)(C)C1CCC(CC(=O)N2CCCC2C(C)(C)C)CC1. The van der Waals surface area contributed by atoms with Gasteiger partial charge >= 0.3 is 0 Å². The van der Waals surface area contributed by atoms with E-state index in [2.05, 4.69) is 46.4 Å². The summed E-state index contributed by atoms with van der Waals surface area (Å²) in [4.78, 5) is 15.0. The van der Waals surface area contributed by atoms with Gasteiger partial charge in [-0.15, -0.1) is 0 Å². The number of carbonyl (C=O) groups excluding carboxylic acids is 1. The van der Waals surface area contributed by atoms with Crippen molar-refractivity contribution in [2.45, 2.75) is 92.5 Å². The second-order valence-electron chi connectivity index (χ2n) is 9.90.